The number of aryl methyl sites for hydroxylation is 1. The summed E-state index contributed by atoms with van der Waals surface area (Å²) in [6, 6.07) is 2.24. The minimum Gasteiger partial charge on any atom is -0.302 e. The van der Waals surface area contributed by atoms with E-state index in [1.165, 1.54) is 11.3 Å². The lowest BCUT2D eigenvalue weighted by Crippen LogP contribution is -2.27. The molecule has 112 valence electrons. The fraction of sp³-hybridized carbons (Fsp3) is 0.533. The summed E-state index contributed by atoms with van der Waals surface area (Å²) in [6.45, 7) is 7.11. The van der Waals surface area contributed by atoms with E-state index < -0.39 is 0 Å². The topological polar surface area (TPSA) is 49.7 Å². The first-order valence-corrected chi connectivity index (χ1v) is 7.84. The second-order valence-corrected chi connectivity index (χ2v) is 6.11. The minimum absolute atomic E-state index is 0.682. The summed E-state index contributed by atoms with van der Waals surface area (Å²) in [7, 11) is 2.15. The first kappa shape index (κ1) is 14.4. The molecule has 2 aromatic heterocycles. The molecule has 0 saturated heterocycles. The largest absolute Gasteiger partial charge is 0.302 e. The molecule has 5 nitrogen and oxygen atoms in total. The molecule has 0 saturated carbocycles. The smallest absolute Gasteiger partial charge is 0.195 e. The Morgan fingerprint density at radius 1 is 1.43 bits per heavy atom. The van der Waals surface area contributed by atoms with Crippen LogP contribution in [0, 0.1) is 11.7 Å². The number of nitrogens with zero attached hydrogens (tertiary/aromatic N) is 4. The van der Waals surface area contributed by atoms with E-state index in [0.717, 1.165) is 49.6 Å². The van der Waals surface area contributed by atoms with Gasteiger partial charge in [-0.2, -0.15) is 5.10 Å². The van der Waals surface area contributed by atoms with Crippen LogP contribution >= 0.6 is 12.2 Å². The van der Waals surface area contributed by atoms with Crippen molar-refractivity contribution in [2.75, 3.05) is 13.6 Å². The Bertz CT molecular complexity index is 715. The summed E-state index contributed by atoms with van der Waals surface area (Å²) in [6.07, 6.45) is 2.05. The molecule has 0 aromatic carbocycles. The van der Waals surface area contributed by atoms with Crippen LogP contribution in [0.1, 0.15) is 30.3 Å². The molecule has 21 heavy (non-hydrogen) atoms. The molecule has 0 aliphatic carbocycles. The Balaban J connectivity index is 2.11. The van der Waals surface area contributed by atoms with Gasteiger partial charge in [-0.05, 0) is 44.2 Å². The van der Waals surface area contributed by atoms with Crippen LogP contribution in [0.5, 0.6) is 0 Å². The number of rotatable bonds is 3. The highest BCUT2D eigenvalue weighted by Crippen LogP contribution is 2.26. The van der Waals surface area contributed by atoms with Gasteiger partial charge in [-0.3, -0.25) is 10.1 Å². The second kappa shape index (κ2) is 5.69. The van der Waals surface area contributed by atoms with Crippen LogP contribution in [-0.2, 0) is 19.5 Å². The fourth-order valence-corrected chi connectivity index (χ4v) is 3.12. The van der Waals surface area contributed by atoms with Crippen LogP contribution in [0.25, 0.3) is 11.4 Å². The number of aromatic amines is 1. The average molecular weight is 303 g/mol. The van der Waals surface area contributed by atoms with E-state index in [-0.39, 0.29) is 0 Å². The summed E-state index contributed by atoms with van der Waals surface area (Å²) in [5, 5.41) is 7.34. The zero-order chi connectivity index (χ0) is 15.0. The molecule has 1 N–H and O–H groups in total. The lowest BCUT2D eigenvalue weighted by Gasteiger charge is -2.25. The molecular weight excluding hydrogens is 282 g/mol. The average Bonchev–Trinajstić information content (AvgIpc) is 2.81. The standard InChI is InChI=1S/C15H21N5S/c1-4-6-20-14(17-18-15(20)21)12-8-11-9-19(3)7-5-13(11)16-10(12)2/h8H,4-7,9H2,1-3H3,(H,18,21). The molecule has 3 rings (SSSR count). The summed E-state index contributed by atoms with van der Waals surface area (Å²) in [5.41, 5.74) is 4.65. The van der Waals surface area contributed by atoms with Crippen molar-refractivity contribution in [1.82, 2.24) is 24.6 Å². The Morgan fingerprint density at radius 2 is 2.24 bits per heavy atom. The maximum absolute atomic E-state index is 5.34. The maximum atomic E-state index is 5.34. The molecule has 0 atom stereocenters. The van der Waals surface area contributed by atoms with Gasteiger partial charge in [0.1, 0.15) is 0 Å². The quantitative estimate of drug-likeness (QED) is 0.886. The minimum atomic E-state index is 0.682. The van der Waals surface area contributed by atoms with E-state index in [2.05, 4.69) is 46.6 Å². The highest BCUT2D eigenvalue weighted by Gasteiger charge is 2.19. The van der Waals surface area contributed by atoms with Crippen molar-refractivity contribution in [3.05, 3.63) is 27.8 Å². The number of pyridine rings is 1. The van der Waals surface area contributed by atoms with Crippen molar-refractivity contribution in [3.63, 3.8) is 0 Å². The van der Waals surface area contributed by atoms with Gasteiger partial charge in [0, 0.05) is 43.0 Å². The Hall–Kier alpha value is -1.53. The number of nitrogens with one attached hydrogen (secondary N) is 1. The van der Waals surface area contributed by atoms with Crippen LogP contribution in [0.4, 0.5) is 0 Å². The molecule has 2 aromatic rings. The molecule has 0 radical (unpaired) electrons. The third-order valence-electron chi connectivity index (χ3n) is 4.00. The zero-order valence-corrected chi connectivity index (χ0v) is 13.6. The molecule has 0 unspecified atom stereocenters. The van der Waals surface area contributed by atoms with Gasteiger partial charge in [-0.25, -0.2) is 0 Å². The molecule has 0 spiro atoms. The van der Waals surface area contributed by atoms with Crippen LogP contribution in [0.3, 0.4) is 0 Å². The van der Waals surface area contributed by atoms with Crippen molar-refractivity contribution in [2.24, 2.45) is 0 Å². The predicted octanol–water partition coefficient (Wildman–Crippen LogP) is 2.71. The van der Waals surface area contributed by atoms with Crippen LogP contribution in [-0.4, -0.2) is 38.2 Å². The zero-order valence-electron chi connectivity index (χ0n) is 12.8. The van der Waals surface area contributed by atoms with E-state index >= 15 is 0 Å². The van der Waals surface area contributed by atoms with Crippen LogP contribution < -0.4 is 0 Å². The van der Waals surface area contributed by atoms with Gasteiger partial charge in [-0.1, -0.05) is 6.92 Å². The number of likely N-dealkylation sites (N-methyl/N-ethyl adjacent to an activating group) is 1. The summed E-state index contributed by atoms with van der Waals surface area (Å²) < 4.78 is 2.75. The predicted molar refractivity (Wildman–Crippen MR) is 85.7 cm³/mol. The van der Waals surface area contributed by atoms with Gasteiger partial charge < -0.3 is 9.47 Å². The number of aromatic nitrogens is 4. The monoisotopic (exact) mass is 303 g/mol. The van der Waals surface area contributed by atoms with Gasteiger partial charge in [0.05, 0.1) is 0 Å². The third-order valence-corrected chi connectivity index (χ3v) is 4.31. The first-order chi connectivity index (χ1) is 10.1. The van der Waals surface area contributed by atoms with Crippen molar-refractivity contribution in [3.8, 4) is 11.4 Å². The molecule has 3 heterocycles. The third kappa shape index (κ3) is 2.65. The van der Waals surface area contributed by atoms with E-state index in [0.29, 0.717) is 4.77 Å². The number of fused-ring (bicyclic) bond motifs is 1. The Kier molecular flexibility index (Phi) is 3.91. The molecule has 1 aliphatic rings. The first-order valence-electron chi connectivity index (χ1n) is 7.43. The van der Waals surface area contributed by atoms with Crippen molar-refractivity contribution < 1.29 is 0 Å². The molecular formula is C15H21N5S. The Labute approximate surface area is 130 Å². The highest BCUT2D eigenvalue weighted by atomic mass is 32.1. The molecule has 0 bridgehead atoms. The number of hydrogen-bond acceptors (Lipinski definition) is 4. The SMILES string of the molecule is CCCn1c(-c2cc3c(nc2C)CCN(C)C3)n[nH]c1=S. The lowest BCUT2D eigenvalue weighted by molar-refractivity contribution is 0.310. The fourth-order valence-electron chi connectivity index (χ4n) is 2.90. The maximum Gasteiger partial charge on any atom is 0.195 e. The van der Waals surface area contributed by atoms with Crippen molar-refractivity contribution in [2.45, 2.75) is 39.8 Å². The summed E-state index contributed by atoms with van der Waals surface area (Å²) >= 11 is 5.34. The lowest BCUT2D eigenvalue weighted by atomic mass is 10.0. The number of H-pyrrole nitrogens is 1. The summed E-state index contributed by atoms with van der Waals surface area (Å²) in [5.74, 6) is 0.905. The van der Waals surface area contributed by atoms with E-state index in [1.807, 2.05) is 0 Å². The number of hydrogen-bond donors (Lipinski definition) is 1. The van der Waals surface area contributed by atoms with Crippen LogP contribution in [0.15, 0.2) is 6.07 Å². The van der Waals surface area contributed by atoms with E-state index in [4.69, 9.17) is 17.2 Å². The molecule has 1 aliphatic heterocycles. The van der Waals surface area contributed by atoms with Gasteiger partial charge in [0.15, 0.2) is 10.6 Å². The van der Waals surface area contributed by atoms with Crippen molar-refractivity contribution in [1.29, 1.82) is 0 Å². The van der Waals surface area contributed by atoms with Gasteiger partial charge >= 0.3 is 0 Å². The Morgan fingerprint density at radius 3 is 3.00 bits per heavy atom. The van der Waals surface area contributed by atoms with E-state index in [1.54, 1.807) is 0 Å². The van der Waals surface area contributed by atoms with Crippen molar-refractivity contribution >= 4 is 12.2 Å². The van der Waals surface area contributed by atoms with E-state index in [9.17, 15) is 0 Å². The molecule has 0 amide bonds. The molecule has 0 fully saturated rings. The van der Waals surface area contributed by atoms with Gasteiger partial charge in [0.25, 0.3) is 0 Å². The summed E-state index contributed by atoms with van der Waals surface area (Å²) in [4.78, 5) is 7.13. The molecule has 6 heteroatoms. The second-order valence-electron chi connectivity index (χ2n) is 5.72. The van der Waals surface area contributed by atoms with Gasteiger partial charge in [0.2, 0.25) is 0 Å². The highest BCUT2D eigenvalue weighted by molar-refractivity contribution is 7.71. The normalized spacial score (nSPS) is 15.2. The van der Waals surface area contributed by atoms with Crippen LogP contribution in [0.2, 0.25) is 0 Å². The van der Waals surface area contributed by atoms with Gasteiger partial charge in [-0.15, -0.1) is 0 Å².